The summed E-state index contributed by atoms with van der Waals surface area (Å²) in [5.74, 6) is -3.14. The predicted molar refractivity (Wildman–Crippen MR) is 228 cm³/mol. The molecule has 0 aliphatic carbocycles. The first kappa shape index (κ1) is 43.6. The number of nitrogens with zero attached hydrogens (tertiary/aromatic N) is 5. The predicted octanol–water partition coefficient (Wildman–Crippen LogP) is 6.60. The van der Waals surface area contributed by atoms with E-state index in [1.807, 2.05) is 57.2 Å². The summed E-state index contributed by atoms with van der Waals surface area (Å²) in [5, 5.41) is 6.03. The minimum Gasteiger partial charge on any atom is -0.470 e. The number of nitrogens with one attached hydrogen (secondary N) is 3. The topological polar surface area (TPSA) is 198 Å². The van der Waals surface area contributed by atoms with Gasteiger partial charge in [0.1, 0.15) is 23.7 Å². The maximum Gasteiger partial charge on any atom is 0.407 e. The Balaban J connectivity index is 1.08. The Morgan fingerprint density at radius 1 is 0.984 bits per heavy atom. The highest BCUT2D eigenvalue weighted by atomic mass is 19.3. The number of aromatic amines is 1. The van der Waals surface area contributed by atoms with Gasteiger partial charge >= 0.3 is 12.2 Å². The number of hydrogen-bond donors (Lipinski definition) is 4. The van der Waals surface area contributed by atoms with Crippen LogP contribution in [0, 0.1) is 11.8 Å². The van der Waals surface area contributed by atoms with Crippen LogP contribution in [-0.2, 0) is 19.1 Å². The van der Waals surface area contributed by atoms with Gasteiger partial charge in [-0.2, -0.15) is 0 Å². The molecule has 2 unspecified atom stereocenters. The second-order valence-corrected chi connectivity index (χ2v) is 16.7. The van der Waals surface area contributed by atoms with Crippen molar-refractivity contribution in [2.24, 2.45) is 22.6 Å². The third-order valence-electron chi connectivity index (χ3n) is 11.7. The number of amides is 4. The van der Waals surface area contributed by atoms with E-state index in [4.69, 9.17) is 15.2 Å². The molecule has 5 N–H and O–H groups in total. The van der Waals surface area contributed by atoms with E-state index in [-0.39, 0.29) is 30.0 Å². The van der Waals surface area contributed by atoms with E-state index in [0.717, 1.165) is 58.3 Å². The highest BCUT2D eigenvalue weighted by molar-refractivity contribution is 5.92. The summed E-state index contributed by atoms with van der Waals surface area (Å²) in [4.78, 5) is 66.1. The largest absolute Gasteiger partial charge is 0.470 e. The molecule has 2 saturated heterocycles. The lowest BCUT2D eigenvalue weighted by molar-refractivity contribution is -0.136. The van der Waals surface area contributed by atoms with Gasteiger partial charge < -0.3 is 49.9 Å². The number of hydrogen-bond acceptors (Lipinski definition) is 10. The highest BCUT2D eigenvalue weighted by Gasteiger charge is 2.48. The molecule has 18 heteroatoms. The molecule has 62 heavy (non-hydrogen) atoms. The number of alkyl halides is 2. The molecular formula is C44H53F2N9O7. The van der Waals surface area contributed by atoms with Gasteiger partial charge in [-0.25, -0.2) is 23.4 Å². The molecule has 2 aromatic carbocycles. The van der Waals surface area contributed by atoms with Crippen molar-refractivity contribution >= 4 is 46.8 Å². The lowest BCUT2D eigenvalue weighted by Crippen LogP contribution is -2.53. The van der Waals surface area contributed by atoms with Crippen molar-refractivity contribution in [2.45, 2.75) is 90.2 Å². The zero-order chi connectivity index (χ0) is 44.6. The quantitative estimate of drug-likeness (QED) is 0.120. The Bertz CT molecular complexity index is 2430. The third-order valence-corrected chi connectivity index (χ3v) is 11.7. The molecule has 4 aromatic rings. The molecule has 0 saturated carbocycles. The monoisotopic (exact) mass is 857 g/mol. The number of alkyl carbamates (subject to hydrolysis) is 2. The van der Waals surface area contributed by atoms with Gasteiger partial charge in [0, 0.05) is 35.7 Å². The number of rotatable bonds is 11. The summed E-state index contributed by atoms with van der Waals surface area (Å²) in [6, 6.07) is 10.6. The number of H-pyrrole nitrogens is 1. The van der Waals surface area contributed by atoms with Crippen LogP contribution in [0.5, 0.6) is 5.75 Å². The van der Waals surface area contributed by atoms with E-state index >= 15 is 0 Å². The maximum atomic E-state index is 14.6. The van der Waals surface area contributed by atoms with E-state index in [1.165, 1.54) is 19.5 Å². The molecule has 7 rings (SSSR count). The van der Waals surface area contributed by atoms with E-state index in [1.54, 1.807) is 24.9 Å². The average Bonchev–Trinajstić information content (AvgIpc) is 4.05. The molecule has 0 spiro atoms. The molecule has 5 heterocycles. The molecule has 3 aliphatic rings. The molecule has 2 fully saturated rings. The van der Waals surface area contributed by atoms with Crippen molar-refractivity contribution in [3.63, 3.8) is 0 Å². The number of carbonyl (C=O) groups excluding carboxylic acids is 4. The first-order valence-electron chi connectivity index (χ1n) is 20.7. The molecule has 16 nitrogen and oxygen atoms in total. The zero-order valence-electron chi connectivity index (χ0n) is 35.8. The highest BCUT2D eigenvalue weighted by Crippen LogP contribution is 2.44. The Morgan fingerprint density at radius 2 is 1.66 bits per heavy atom. The summed E-state index contributed by atoms with van der Waals surface area (Å²) in [6.07, 6.45) is 3.48. The fourth-order valence-electron chi connectivity index (χ4n) is 8.49. The van der Waals surface area contributed by atoms with Gasteiger partial charge in [0.05, 0.1) is 67.8 Å². The van der Waals surface area contributed by atoms with Crippen molar-refractivity contribution < 1.29 is 42.2 Å². The first-order chi connectivity index (χ1) is 29.5. The molecule has 2 aromatic heterocycles. The number of methoxy groups -OCH3 is 2. The van der Waals surface area contributed by atoms with E-state index in [0.29, 0.717) is 29.4 Å². The number of nitrogens with two attached hydrogens (primary N) is 1. The second kappa shape index (κ2) is 17.5. The van der Waals surface area contributed by atoms with E-state index in [2.05, 4.69) is 41.0 Å². The molecule has 330 valence electrons. The Morgan fingerprint density at radius 3 is 2.32 bits per heavy atom. The smallest absolute Gasteiger partial charge is 0.407 e. The molecule has 0 radical (unpaired) electrons. The van der Waals surface area contributed by atoms with Gasteiger partial charge in [-0.1, -0.05) is 39.8 Å². The number of halogens is 2. The molecule has 5 atom stereocenters. The average molecular weight is 858 g/mol. The van der Waals surface area contributed by atoms with Gasteiger partial charge in [0.15, 0.2) is 6.23 Å². The van der Waals surface area contributed by atoms with Crippen molar-refractivity contribution in [2.75, 3.05) is 27.3 Å². The van der Waals surface area contributed by atoms with Crippen LogP contribution in [0.25, 0.3) is 39.1 Å². The van der Waals surface area contributed by atoms with Gasteiger partial charge in [0.2, 0.25) is 11.8 Å². The van der Waals surface area contributed by atoms with Crippen molar-refractivity contribution in [3.05, 3.63) is 66.2 Å². The maximum absolute atomic E-state index is 14.6. The van der Waals surface area contributed by atoms with Crippen LogP contribution in [-0.4, -0.2) is 106 Å². The first-order valence-corrected chi connectivity index (χ1v) is 20.7. The minimum atomic E-state index is -3.14. The van der Waals surface area contributed by atoms with Crippen molar-refractivity contribution in [1.82, 2.24) is 35.0 Å². The van der Waals surface area contributed by atoms with Crippen LogP contribution in [0.1, 0.15) is 77.5 Å². The van der Waals surface area contributed by atoms with Gasteiger partial charge in [-0.05, 0) is 67.5 Å². The number of likely N-dealkylation sites (tertiary alicyclic amines) is 2. The third kappa shape index (κ3) is 8.67. The summed E-state index contributed by atoms with van der Waals surface area (Å²) in [7, 11) is 2.43. The number of fused-ring (bicyclic) bond motifs is 5. The van der Waals surface area contributed by atoms with Gasteiger partial charge in [-0.3, -0.25) is 14.6 Å². The molecule has 0 bridgehead atoms. The van der Waals surface area contributed by atoms with Crippen LogP contribution < -0.4 is 21.1 Å². The fraction of sp³-hybridized carbons (Fsp3) is 0.455. The van der Waals surface area contributed by atoms with Crippen LogP contribution >= 0.6 is 0 Å². The van der Waals surface area contributed by atoms with Crippen LogP contribution in [0.3, 0.4) is 0 Å². The Labute approximate surface area is 357 Å². The van der Waals surface area contributed by atoms with Crippen LogP contribution in [0.15, 0.2) is 59.9 Å². The number of aromatic nitrogens is 3. The standard InChI is InChI=1S/C44H53F2N9O7/c1-23(2)37(51-42(58)60-6)40(56)53-14-8-9-34(53)39-49-21-32(50-39)27-10-12-30-35-16-28-15-26(11-13-33(28)55(35)25(5)62-36(30)17-27)31(47)20-48-19-29-18-44(45,46)22-54(29)41(57)38(24(3)4)52-43(59)61-7/h10-13,15-17,19-21,23-25,29,34,37-38H,8-9,14,18,22,47H2,1-7H3,(H,49,50)(H,51,58)(H,52,59)/b31-20-,48-19?/t25?,29-,34?,37+,38+/m1/s1. The zero-order valence-corrected chi connectivity index (χ0v) is 35.8. The Hall–Kier alpha value is -6.46. The molecule has 3 aliphatic heterocycles. The summed E-state index contributed by atoms with van der Waals surface area (Å²) >= 11 is 0. The van der Waals surface area contributed by atoms with Crippen LogP contribution in [0.2, 0.25) is 0 Å². The minimum absolute atomic E-state index is 0.144. The molecular weight excluding hydrogens is 805 g/mol. The lowest BCUT2D eigenvalue weighted by Gasteiger charge is -2.30. The number of aliphatic imine (C=N–C) groups is 1. The number of ether oxygens (including phenoxy) is 3. The number of carbonyl (C=O) groups is 4. The summed E-state index contributed by atoms with van der Waals surface area (Å²) < 4.78 is 47.2. The number of benzene rings is 2. The van der Waals surface area contributed by atoms with Crippen LogP contribution in [0.4, 0.5) is 18.4 Å². The normalized spacial score (nSPS) is 20.6. The summed E-state index contributed by atoms with van der Waals surface area (Å²) in [6.45, 7) is 8.87. The van der Waals surface area contributed by atoms with E-state index in [9.17, 15) is 28.0 Å². The van der Waals surface area contributed by atoms with Gasteiger partial charge in [0.25, 0.3) is 5.92 Å². The van der Waals surface area contributed by atoms with E-state index < -0.39 is 55.1 Å². The summed E-state index contributed by atoms with van der Waals surface area (Å²) in [5.41, 5.74) is 11.8. The SMILES string of the molecule is COC(=O)N[C@H](C(=O)N1CCCC1c1ncc(-c2ccc3c(c2)OC(C)n2c-3cc3cc(/C(N)=C/N=C[C@H]4CC(F)(F)CN4C(=O)[C@@H](NC(=O)OC)C(C)C)ccc32)[nH]1)C(C)C. The number of imidazole rings is 1. The van der Waals surface area contributed by atoms with Gasteiger partial charge in [-0.15, -0.1) is 0 Å². The lowest BCUT2D eigenvalue weighted by atomic mass is 10.0. The van der Waals surface area contributed by atoms with Crippen molar-refractivity contribution in [3.8, 4) is 28.3 Å². The Kier molecular flexibility index (Phi) is 12.3. The van der Waals surface area contributed by atoms with Crippen molar-refractivity contribution in [1.29, 1.82) is 0 Å². The fourth-order valence-corrected chi connectivity index (χ4v) is 8.49. The second-order valence-electron chi connectivity index (χ2n) is 16.7. The molecule has 4 amide bonds.